The van der Waals surface area contributed by atoms with Gasteiger partial charge in [-0.25, -0.2) is 4.98 Å². The fourth-order valence-electron chi connectivity index (χ4n) is 2.24. The molecule has 0 N–H and O–H groups in total. The second-order valence-electron chi connectivity index (χ2n) is 4.53. The predicted octanol–water partition coefficient (Wildman–Crippen LogP) is 5.69. The molecule has 0 fully saturated rings. The molecule has 0 atom stereocenters. The molecule has 3 heteroatoms. The van der Waals surface area contributed by atoms with Crippen LogP contribution in [0.1, 0.15) is 0 Å². The topological polar surface area (TPSA) is 12.9 Å². The monoisotopic (exact) mass is 293 g/mol. The summed E-state index contributed by atoms with van der Waals surface area (Å²) >= 11 is 3.55. The van der Waals surface area contributed by atoms with Crippen molar-refractivity contribution in [3.8, 4) is 21.0 Å². The van der Waals surface area contributed by atoms with E-state index in [4.69, 9.17) is 4.98 Å². The van der Waals surface area contributed by atoms with Crippen molar-refractivity contribution in [3.63, 3.8) is 0 Å². The van der Waals surface area contributed by atoms with E-state index in [0.29, 0.717) is 0 Å². The van der Waals surface area contributed by atoms with Crippen LogP contribution in [-0.2, 0) is 0 Å². The van der Waals surface area contributed by atoms with Gasteiger partial charge in [-0.3, -0.25) is 0 Å². The van der Waals surface area contributed by atoms with Gasteiger partial charge < -0.3 is 0 Å². The first-order chi connectivity index (χ1) is 9.92. The molecule has 0 aliphatic carbocycles. The van der Waals surface area contributed by atoms with E-state index in [0.717, 1.165) is 10.5 Å². The smallest absolute Gasteiger partial charge is 0.124 e. The van der Waals surface area contributed by atoms with Crippen LogP contribution in [0.3, 0.4) is 0 Å². The van der Waals surface area contributed by atoms with Crippen LogP contribution in [0.5, 0.6) is 0 Å². The van der Waals surface area contributed by atoms with Crippen molar-refractivity contribution in [3.05, 3.63) is 66.0 Å². The quantitative estimate of drug-likeness (QED) is 0.462. The van der Waals surface area contributed by atoms with Gasteiger partial charge in [0.1, 0.15) is 5.01 Å². The molecule has 0 radical (unpaired) electrons. The van der Waals surface area contributed by atoms with Gasteiger partial charge in [-0.05, 0) is 5.56 Å². The molecule has 20 heavy (non-hydrogen) atoms. The Morgan fingerprint density at radius 1 is 0.750 bits per heavy atom. The predicted molar refractivity (Wildman–Crippen MR) is 88.4 cm³/mol. The standard InChI is InChI=1S/C17H11NS2/c1-3-7-12(8-4-1)15-16-14(11-19-15)18-17(20-16)13-9-5-2-6-10-13/h1-11H. The number of hydrogen-bond donors (Lipinski definition) is 0. The van der Waals surface area contributed by atoms with Crippen LogP contribution in [0.4, 0.5) is 0 Å². The first-order valence-corrected chi connectivity index (χ1v) is 8.10. The van der Waals surface area contributed by atoms with Crippen molar-refractivity contribution < 1.29 is 0 Å². The number of thiophene rings is 1. The maximum Gasteiger partial charge on any atom is 0.124 e. The van der Waals surface area contributed by atoms with Crippen molar-refractivity contribution in [2.45, 2.75) is 0 Å². The van der Waals surface area contributed by atoms with Crippen LogP contribution in [0, 0.1) is 0 Å². The third kappa shape index (κ3) is 1.96. The van der Waals surface area contributed by atoms with Crippen LogP contribution >= 0.6 is 22.7 Å². The number of nitrogens with zero attached hydrogens (tertiary/aromatic N) is 1. The molecule has 0 saturated heterocycles. The van der Waals surface area contributed by atoms with Gasteiger partial charge in [0, 0.05) is 10.9 Å². The average molecular weight is 293 g/mol. The second-order valence-corrected chi connectivity index (χ2v) is 6.41. The summed E-state index contributed by atoms with van der Waals surface area (Å²) in [5.74, 6) is 0. The van der Waals surface area contributed by atoms with Gasteiger partial charge in [0.25, 0.3) is 0 Å². The highest BCUT2D eigenvalue weighted by molar-refractivity contribution is 7.27. The Hall–Kier alpha value is -1.97. The van der Waals surface area contributed by atoms with E-state index in [9.17, 15) is 0 Å². The molecule has 0 aliphatic heterocycles. The summed E-state index contributed by atoms with van der Waals surface area (Å²) in [6.45, 7) is 0. The van der Waals surface area contributed by atoms with E-state index in [1.165, 1.54) is 20.7 Å². The van der Waals surface area contributed by atoms with E-state index in [-0.39, 0.29) is 0 Å². The summed E-state index contributed by atoms with van der Waals surface area (Å²) in [5.41, 5.74) is 3.58. The highest BCUT2D eigenvalue weighted by Gasteiger charge is 2.12. The van der Waals surface area contributed by atoms with Crippen molar-refractivity contribution in [2.24, 2.45) is 0 Å². The number of benzene rings is 2. The molecule has 0 aliphatic rings. The maximum atomic E-state index is 4.76. The Bertz CT molecular complexity index is 844. The Labute approximate surface area is 125 Å². The molecule has 96 valence electrons. The summed E-state index contributed by atoms with van der Waals surface area (Å²) < 4.78 is 1.29. The van der Waals surface area contributed by atoms with Crippen molar-refractivity contribution >= 4 is 32.9 Å². The lowest BCUT2D eigenvalue weighted by Gasteiger charge is -1.96. The second kappa shape index (κ2) is 4.85. The first-order valence-electron chi connectivity index (χ1n) is 6.41. The summed E-state index contributed by atoms with van der Waals surface area (Å²) in [5, 5.41) is 3.25. The summed E-state index contributed by atoms with van der Waals surface area (Å²) in [6.07, 6.45) is 0. The molecule has 0 spiro atoms. The molecular weight excluding hydrogens is 282 g/mol. The number of hydrogen-bond acceptors (Lipinski definition) is 3. The van der Waals surface area contributed by atoms with Crippen molar-refractivity contribution in [1.29, 1.82) is 0 Å². The van der Waals surface area contributed by atoms with Crippen LogP contribution in [0.2, 0.25) is 0 Å². The van der Waals surface area contributed by atoms with Crippen molar-refractivity contribution in [2.75, 3.05) is 0 Å². The highest BCUT2D eigenvalue weighted by atomic mass is 32.1. The minimum Gasteiger partial charge on any atom is -0.235 e. The normalized spacial score (nSPS) is 11.0. The number of rotatable bonds is 2. The molecule has 0 unspecified atom stereocenters. The molecule has 0 amide bonds. The third-order valence-electron chi connectivity index (χ3n) is 3.20. The minimum absolute atomic E-state index is 1.10. The van der Waals surface area contributed by atoms with Crippen LogP contribution < -0.4 is 0 Å². The minimum atomic E-state index is 1.10. The molecule has 2 aromatic heterocycles. The molecule has 0 bridgehead atoms. The van der Waals surface area contributed by atoms with Crippen LogP contribution in [-0.4, -0.2) is 4.98 Å². The summed E-state index contributed by atoms with van der Waals surface area (Å²) in [7, 11) is 0. The fraction of sp³-hybridized carbons (Fsp3) is 0. The Kier molecular flexibility index (Phi) is 2.87. The molecule has 4 aromatic rings. The van der Waals surface area contributed by atoms with Gasteiger partial charge in [-0.1, -0.05) is 60.7 Å². The van der Waals surface area contributed by atoms with E-state index in [1.54, 1.807) is 22.7 Å². The van der Waals surface area contributed by atoms with Crippen molar-refractivity contribution in [1.82, 2.24) is 4.98 Å². The average Bonchev–Trinajstić information content (AvgIpc) is 3.09. The Balaban J connectivity index is 1.88. The Morgan fingerprint density at radius 3 is 2.10 bits per heavy atom. The van der Waals surface area contributed by atoms with Gasteiger partial charge in [0.15, 0.2) is 0 Å². The lowest BCUT2D eigenvalue weighted by molar-refractivity contribution is 1.49. The molecule has 2 aromatic carbocycles. The Morgan fingerprint density at radius 2 is 1.40 bits per heavy atom. The zero-order valence-electron chi connectivity index (χ0n) is 10.6. The maximum absolute atomic E-state index is 4.76. The van der Waals surface area contributed by atoms with E-state index in [1.807, 2.05) is 6.07 Å². The highest BCUT2D eigenvalue weighted by Crippen LogP contribution is 2.40. The number of thiazole rings is 1. The zero-order chi connectivity index (χ0) is 13.4. The number of aromatic nitrogens is 1. The van der Waals surface area contributed by atoms with Gasteiger partial charge in [0.2, 0.25) is 0 Å². The summed E-state index contributed by atoms with van der Waals surface area (Å²) in [4.78, 5) is 6.08. The van der Waals surface area contributed by atoms with Gasteiger partial charge in [-0.2, -0.15) is 0 Å². The third-order valence-corrected chi connectivity index (χ3v) is 5.49. The van der Waals surface area contributed by atoms with Crippen LogP contribution in [0.25, 0.3) is 31.2 Å². The van der Waals surface area contributed by atoms with Gasteiger partial charge in [0.05, 0.1) is 15.1 Å². The first kappa shape index (κ1) is 11.8. The van der Waals surface area contributed by atoms with E-state index in [2.05, 4.69) is 60.0 Å². The lowest BCUT2D eigenvalue weighted by Crippen LogP contribution is -1.72. The van der Waals surface area contributed by atoms with E-state index >= 15 is 0 Å². The largest absolute Gasteiger partial charge is 0.235 e. The number of fused-ring (bicyclic) bond motifs is 1. The molecule has 1 nitrogen and oxygen atoms in total. The molecule has 4 rings (SSSR count). The SMILES string of the molecule is c1ccc(-c2nc3csc(-c4ccccc4)c3s2)cc1. The van der Waals surface area contributed by atoms with Gasteiger partial charge >= 0.3 is 0 Å². The van der Waals surface area contributed by atoms with Crippen LogP contribution in [0.15, 0.2) is 66.0 Å². The van der Waals surface area contributed by atoms with Gasteiger partial charge in [-0.15, -0.1) is 22.7 Å². The fourth-order valence-corrected chi connectivity index (χ4v) is 4.47. The molecule has 0 saturated carbocycles. The lowest BCUT2D eigenvalue weighted by atomic mass is 10.2. The molecular formula is C17H11NS2. The van der Waals surface area contributed by atoms with E-state index < -0.39 is 0 Å². The zero-order valence-corrected chi connectivity index (χ0v) is 12.2. The summed E-state index contributed by atoms with van der Waals surface area (Å²) in [6, 6.07) is 20.9. The molecule has 2 heterocycles.